The molecule has 4 heteroatoms. The van der Waals surface area contributed by atoms with E-state index in [1.54, 1.807) is 24.3 Å². The zero-order valence-electron chi connectivity index (χ0n) is 8.53. The zero-order chi connectivity index (χ0) is 11.7. The minimum atomic E-state index is -0.390. The maximum atomic E-state index is 11.6. The van der Waals surface area contributed by atoms with Gasteiger partial charge in [0.25, 0.3) is 5.91 Å². The summed E-state index contributed by atoms with van der Waals surface area (Å²) in [4.78, 5) is 11.6. The Morgan fingerprint density at radius 1 is 1.31 bits per heavy atom. The van der Waals surface area contributed by atoms with Crippen LogP contribution in [0.3, 0.4) is 0 Å². The third-order valence-electron chi connectivity index (χ3n) is 2.39. The number of anilines is 1. The first-order valence-corrected chi connectivity index (χ1v) is 4.64. The lowest BCUT2D eigenvalue weighted by molar-refractivity contribution is -0.110. The smallest absolute Gasteiger partial charge is 0.258 e. The highest BCUT2D eigenvalue weighted by molar-refractivity contribution is 6.33. The van der Waals surface area contributed by atoms with Crippen molar-refractivity contribution in [2.24, 2.45) is 0 Å². The molecule has 4 nitrogen and oxygen atoms in total. The van der Waals surface area contributed by atoms with Crippen molar-refractivity contribution in [2.75, 3.05) is 5.32 Å². The van der Waals surface area contributed by atoms with Gasteiger partial charge >= 0.3 is 0 Å². The van der Waals surface area contributed by atoms with Crippen LogP contribution in [0.4, 0.5) is 5.69 Å². The summed E-state index contributed by atoms with van der Waals surface area (Å²) < 4.78 is 0. The number of nitrogens with zero attached hydrogens (tertiary/aromatic N) is 2. The first kappa shape index (κ1) is 9.95. The van der Waals surface area contributed by atoms with Gasteiger partial charge in [-0.05, 0) is 19.1 Å². The maximum Gasteiger partial charge on any atom is 0.258 e. The molecule has 1 heterocycles. The zero-order valence-corrected chi connectivity index (χ0v) is 8.53. The van der Waals surface area contributed by atoms with Crippen LogP contribution in [-0.4, -0.2) is 5.91 Å². The Kier molecular flexibility index (Phi) is 2.19. The molecule has 0 bridgehead atoms. The minimum Gasteiger partial charge on any atom is -0.321 e. The van der Waals surface area contributed by atoms with E-state index in [1.807, 2.05) is 13.0 Å². The van der Waals surface area contributed by atoms with Gasteiger partial charge in [0.05, 0.1) is 5.57 Å². The van der Waals surface area contributed by atoms with Crippen LogP contribution in [0, 0.1) is 29.6 Å². The van der Waals surface area contributed by atoms with E-state index in [0.717, 1.165) is 5.56 Å². The van der Waals surface area contributed by atoms with Crippen LogP contribution >= 0.6 is 0 Å². The first-order chi connectivity index (χ1) is 7.67. The van der Waals surface area contributed by atoms with Crippen molar-refractivity contribution >= 4 is 17.2 Å². The molecule has 0 aromatic heterocycles. The van der Waals surface area contributed by atoms with Crippen molar-refractivity contribution in [3.05, 3.63) is 34.9 Å². The number of hydrogen-bond donors (Lipinski definition) is 1. The maximum absolute atomic E-state index is 11.6. The molecule has 0 aliphatic carbocycles. The molecule has 0 spiro atoms. The van der Waals surface area contributed by atoms with E-state index >= 15 is 0 Å². The Balaban J connectivity index is 2.75. The molecule has 2 rings (SSSR count). The van der Waals surface area contributed by atoms with Crippen molar-refractivity contribution in [3.63, 3.8) is 0 Å². The molecule has 1 N–H and O–H groups in total. The standard InChI is InChI=1S/C12H7N3O/c1-7-2-3-10-9(4-7)11(12(16)15-10)8(5-13)6-14/h2-4H,1H3,(H,15,16). The van der Waals surface area contributed by atoms with E-state index in [9.17, 15) is 4.79 Å². The van der Waals surface area contributed by atoms with Gasteiger partial charge in [0.1, 0.15) is 17.7 Å². The van der Waals surface area contributed by atoms with Crippen molar-refractivity contribution < 1.29 is 4.79 Å². The number of amides is 1. The third kappa shape index (κ3) is 1.34. The van der Waals surface area contributed by atoms with Crippen LogP contribution in [-0.2, 0) is 4.79 Å². The van der Waals surface area contributed by atoms with Gasteiger partial charge in [0, 0.05) is 11.3 Å². The molecule has 1 amide bonds. The van der Waals surface area contributed by atoms with E-state index in [-0.39, 0.29) is 11.1 Å². The van der Waals surface area contributed by atoms with Crippen LogP contribution in [0.1, 0.15) is 11.1 Å². The van der Waals surface area contributed by atoms with Crippen LogP contribution in [0.5, 0.6) is 0 Å². The second-order valence-electron chi connectivity index (χ2n) is 3.48. The SMILES string of the molecule is Cc1ccc2c(c1)C(=C(C#N)C#N)C(=O)N2. The predicted molar refractivity (Wildman–Crippen MR) is 58.0 cm³/mol. The minimum absolute atomic E-state index is 0.151. The summed E-state index contributed by atoms with van der Waals surface area (Å²) in [5.74, 6) is -0.390. The fourth-order valence-electron chi connectivity index (χ4n) is 1.67. The third-order valence-corrected chi connectivity index (χ3v) is 2.39. The lowest BCUT2D eigenvalue weighted by Gasteiger charge is -1.99. The van der Waals surface area contributed by atoms with Crippen molar-refractivity contribution in [3.8, 4) is 12.1 Å². The second-order valence-corrected chi connectivity index (χ2v) is 3.48. The van der Waals surface area contributed by atoms with Crippen LogP contribution in [0.25, 0.3) is 5.57 Å². The average Bonchev–Trinajstić information content (AvgIpc) is 2.58. The molecule has 1 aromatic carbocycles. The highest BCUT2D eigenvalue weighted by Crippen LogP contribution is 2.34. The van der Waals surface area contributed by atoms with E-state index in [2.05, 4.69) is 5.32 Å². The molecule has 0 saturated carbocycles. The lowest BCUT2D eigenvalue weighted by atomic mass is 10.0. The number of fused-ring (bicyclic) bond motifs is 1. The van der Waals surface area contributed by atoms with E-state index in [1.165, 1.54) is 0 Å². The Morgan fingerprint density at radius 2 is 2.00 bits per heavy atom. The van der Waals surface area contributed by atoms with Gasteiger partial charge in [-0.15, -0.1) is 0 Å². The Hall–Kier alpha value is -2.59. The van der Waals surface area contributed by atoms with E-state index < -0.39 is 5.91 Å². The van der Waals surface area contributed by atoms with Gasteiger partial charge in [-0.25, -0.2) is 0 Å². The molecule has 76 valence electrons. The monoisotopic (exact) mass is 209 g/mol. The van der Waals surface area contributed by atoms with Crippen LogP contribution < -0.4 is 5.32 Å². The topological polar surface area (TPSA) is 76.7 Å². The van der Waals surface area contributed by atoms with Crippen LogP contribution in [0.2, 0.25) is 0 Å². The molecule has 1 aliphatic heterocycles. The molecule has 16 heavy (non-hydrogen) atoms. The fourth-order valence-corrected chi connectivity index (χ4v) is 1.67. The molecule has 1 aromatic rings. The number of hydrogen-bond acceptors (Lipinski definition) is 3. The number of rotatable bonds is 0. The van der Waals surface area contributed by atoms with Crippen LogP contribution in [0.15, 0.2) is 23.8 Å². The predicted octanol–water partition coefficient (Wildman–Crippen LogP) is 1.75. The fraction of sp³-hybridized carbons (Fsp3) is 0.0833. The molecule has 1 aliphatic rings. The number of carbonyl (C=O) groups is 1. The van der Waals surface area contributed by atoms with Gasteiger partial charge in [-0.1, -0.05) is 11.6 Å². The Bertz CT molecular complexity index is 584. The van der Waals surface area contributed by atoms with Crippen molar-refractivity contribution in [2.45, 2.75) is 6.92 Å². The molecule has 0 fully saturated rings. The summed E-state index contributed by atoms with van der Waals surface area (Å²) in [6.07, 6.45) is 0. The highest BCUT2D eigenvalue weighted by Gasteiger charge is 2.27. The quantitative estimate of drug-likeness (QED) is 0.522. The number of nitriles is 2. The molecule has 0 saturated heterocycles. The second kappa shape index (κ2) is 3.52. The molecular weight excluding hydrogens is 202 g/mol. The molecule has 0 radical (unpaired) electrons. The Morgan fingerprint density at radius 3 is 2.62 bits per heavy atom. The number of nitrogens with one attached hydrogen (secondary N) is 1. The molecule has 0 atom stereocenters. The number of allylic oxidation sites excluding steroid dienone is 1. The van der Waals surface area contributed by atoms with Gasteiger partial charge in [0.2, 0.25) is 0 Å². The lowest BCUT2D eigenvalue weighted by Crippen LogP contribution is -2.05. The largest absolute Gasteiger partial charge is 0.321 e. The summed E-state index contributed by atoms with van der Waals surface area (Å²) in [6, 6.07) is 8.90. The van der Waals surface area contributed by atoms with Crippen molar-refractivity contribution in [1.82, 2.24) is 0 Å². The highest BCUT2D eigenvalue weighted by atomic mass is 16.2. The van der Waals surface area contributed by atoms with Gasteiger partial charge in [-0.3, -0.25) is 4.79 Å². The normalized spacial score (nSPS) is 12.4. The van der Waals surface area contributed by atoms with E-state index in [4.69, 9.17) is 10.5 Å². The van der Waals surface area contributed by atoms with Gasteiger partial charge in [0.15, 0.2) is 0 Å². The van der Waals surface area contributed by atoms with E-state index in [0.29, 0.717) is 11.3 Å². The van der Waals surface area contributed by atoms with Gasteiger partial charge < -0.3 is 5.32 Å². The summed E-state index contributed by atoms with van der Waals surface area (Å²) >= 11 is 0. The number of aryl methyl sites for hydroxylation is 1. The summed E-state index contributed by atoms with van der Waals surface area (Å²) in [7, 11) is 0. The van der Waals surface area contributed by atoms with Crippen molar-refractivity contribution in [1.29, 1.82) is 10.5 Å². The first-order valence-electron chi connectivity index (χ1n) is 4.64. The average molecular weight is 209 g/mol. The van der Waals surface area contributed by atoms with Gasteiger partial charge in [-0.2, -0.15) is 10.5 Å². The number of benzene rings is 1. The molecule has 0 unspecified atom stereocenters. The summed E-state index contributed by atoms with van der Waals surface area (Å²) in [6.45, 7) is 1.89. The summed E-state index contributed by atoms with van der Waals surface area (Å²) in [5.41, 5.74) is 2.27. The Labute approximate surface area is 92.4 Å². The summed E-state index contributed by atoms with van der Waals surface area (Å²) in [5, 5.41) is 20.2. The molecular formula is C12H7N3O. The number of carbonyl (C=O) groups excluding carboxylic acids is 1.